The Bertz CT molecular complexity index is 1170. The molecule has 10 heteroatoms. The van der Waals surface area contributed by atoms with Crippen LogP contribution in [0.4, 0.5) is 5.95 Å². The van der Waals surface area contributed by atoms with E-state index in [9.17, 15) is 9.59 Å². The maximum Gasteiger partial charge on any atom is 0.332 e. The first kappa shape index (κ1) is 19.7. The van der Waals surface area contributed by atoms with Gasteiger partial charge in [-0.15, -0.1) is 0 Å². The Morgan fingerprint density at radius 2 is 1.66 bits per heavy atom. The third-order valence-electron chi connectivity index (χ3n) is 5.22. The van der Waals surface area contributed by atoms with Gasteiger partial charge < -0.3 is 9.47 Å². The normalized spacial score (nSPS) is 14.3. The standard InChI is InChI=1S/C19H25N7O2S/c1-12-11-13(2)21-17(20-12)29-10-9-26-14-15(22-18(26)25-7-5-6-8-25)23(3)19(28)24(4)16(14)27/h11H,5-10H2,1-4H3. The third kappa shape index (κ3) is 3.57. The molecular formula is C19H25N7O2S. The predicted molar refractivity (Wildman–Crippen MR) is 114 cm³/mol. The lowest BCUT2D eigenvalue weighted by Crippen LogP contribution is -2.37. The quantitative estimate of drug-likeness (QED) is 0.457. The summed E-state index contributed by atoms with van der Waals surface area (Å²) in [6.45, 7) is 6.31. The van der Waals surface area contributed by atoms with Crippen molar-refractivity contribution in [1.29, 1.82) is 0 Å². The van der Waals surface area contributed by atoms with Crippen molar-refractivity contribution in [2.45, 2.75) is 38.4 Å². The average Bonchev–Trinajstić information content (AvgIpc) is 3.32. The van der Waals surface area contributed by atoms with Gasteiger partial charge in [-0.25, -0.2) is 14.8 Å². The Balaban J connectivity index is 1.74. The summed E-state index contributed by atoms with van der Waals surface area (Å²) < 4.78 is 4.56. The van der Waals surface area contributed by atoms with Crippen LogP contribution in [0.3, 0.4) is 0 Å². The smallest absolute Gasteiger partial charge is 0.332 e. The van der Waals surface area contributed by atoms with Gasteiger partial charge >= 0.3 is 5.69 Å². The van der Waals surface area contributed by atoms with Crippen LogP contribution < -0.4 is 16.1 Å². The summed E-state index contributed by atoms with van der Waals surface area (Å²) in [7, 11) is 3.17. The first-order chi connectivity index (χ1) is 13.9. The molecule has 3 aromatic heterocycles. The third-order valence-corrected chi connectivity index (χ3v) is 6.05. The molecule has 1 aliphatic heterocycles. The van der Waals surface area contributed by atoms with Crippen molar-refractivity contribution >= 4 is 28.9 Å². The van der Waals surface area contributed by atoms with Crippen molar-refractivity contribution in [1.82, 2.24) is 28.7 Å². The van der Waals surface area contributed by atoms with E-state index in [4.69, 9.17) is 4.98 Å². The van der Waals surface area contributed by atoms with E-state index >= 15 is 0 Å². The molecule has 0 saturated carbocycles. The molecule has 0 bridgehead atoms. The molecule has 29 heavy (non-hydrogen) atoms. The van der Waals surface area contributed by atoms with Crippen molar-refractivity contribution in [2.75, 3.05) is 23.7 Å². The fourth-order valence-corrected chi connectivity index (χ4v) is 4.67. The van der Waals surface area contributed by atoms with Crippen molar-refractivity contribution in [2.24, 2.45) is 14.1 Å². The molecule has 4 rings (SSSR count). The van der Waals surface area contributed by atoms with Crippen LogP contribution in [-0.4, -0.2) is 47.5 Å². The van der Waals surface area contributed by atoms with Crippen LogP contribution in [0.25, 0.3) is 11.2 Å². The molecule has 1 aliphatic rings. The molecule has 4 heterocycles. The summed E-state index contributed by atoms with van der Waals surface area (Å²) in [6, 6.07) is 1.95. The lowest BCUT2D eigenvalue weighted by Gasteiger charge is -2.18. The average molecular weight is 416 g/mol. The Hall–Kier alpha value is -2.62. The number of aromatic nitrogens is 6. The van der Waals surface area contributed by atoms with Crippen molar-refractivity contribution in [3.8, 4) is 0 Å². The number of imidazole rings is 1. The minimum Gasteiger partial charge on any atom is -0.342 e. The molecule has 154 valence electrons. The zero-order chi connectivity index (χ0) is 20.7. The first-order valence-electron chi connectivity index (χ1n) is 9.73. The summed E-state index contributed by atoms with van der Waals surface area (Å²) >= 11 is 1.56. The molecule has 0 atom stereocenters. The van der Waals surface area contributed by atoms with E-state index in [0.29, 0.717) is 23.5 Å². The lowest BCUT2D eigenvalue weighted by molar-refractivity contribution is 0.699. The molecule has 9 nitrogen and oxygen atoms in total. The number of hydrogen-bond donors (Lipinski definition) is 0. The van der Waals surface area contributed by atoms with Crippen LogP contribution in [0.5, 0.6) is 0 Å². The van der Waals surface area contributed by atoms with Crippen LogP contribution in [0.15, 0.2) is 20.8 Å². The molecule has 3 aromatic rings. The number of aryl methyl sites for hydroxylation is 4. The van der Waals surface area contributed by atoms with Crippen molar-refractivity contribution in [3.05, 3.63) is 38.3 Å². The van der Waals surface area contributed by atoms with Crippen LogP contribution >= 0.6 is 11.8 Å². The van der Waals surface area contributed by atoms with Gasteiger partial charge in [0.25, 0.3) is 5.56 Å². The van der Waals surface area contributed by atoms with Crippen LogP contribution in [0, 0.1) is 13.8 Å². The largest absolute Gasteiger partial charge is 0.342 e. The highest BCUT2D eigenvalue weighted by Crippen LogP contribution is 2.24. The second-order valence-electron chi connectivity index (χ2n) is 7.42. The van der Waals surface area contributed by atoms with E-state index in [-0.39, 0.29) is 11.2 Å². The first-order valence-corrected chi connectivity index (χ1v) is 10.7. The summed E-state index contributed by atoms with van der Waals surface area (Å²) in [5.74, 6) is 1.46. The summed E-state index contributed by atoms with van der Waals surface area (Å²) in [5.41, 5.74) is 2.11. The zero-order valence-corrected chi connectivity index (χ0v) is 18.0. The second-order valence-corrected chi connectivity index (χ2v) is 8.48. The van der Waals surface area contributed by atoms with Gasteiger partial charge in [-0.1, -0.05) is 11.8 Å². The van der Waals surface area contributed by atoms with E-state index < -0.39 is 0 Å². The number of thioether (sulfide) groups is 1. The maximum atomic E-state index is 12.9. The summed E-state index contributed by atoms with van der Waals surface area (Å²) in [4.78, 5) is 41.1. The predicted octanol–water partition coefficient (Wildman–Crippen LogP) is 1.23. The van der Waals surface area contributed by atoms with Crippen LogP contribution in [-0.2, 0) is 20.6 Å². The molecule has 0 amide bonds. The second kappa shape index (κ2) is 7.66. The summed E-state index contributed by atoms with van der Waals surface area (Å²) in [5, 5.41) is 0.731. The van der Waals surface area contributed by atoms with Crippen molar-refractivity contribution < 1.29 is 0 Å². The van der Waals surface area contributed by atoms with E-state index in [0.717, 1.165) is 53.0 Å². The Morgan fingerprint density at radius 1 is 1.00 bits per heavy atom. The molecule has 0 N–H and O–H groups in total. The van der Waals surface area contributed by atoms with Gasteiger partial charge in [0, 0.05) is 50.9 Å². The molecule has 0 spiro atoms. The molecule has 1 fully saturated rings. The van der Waals surface area contributed by atoms with Crippen LogP contribution in [0.1, 0.15) is 24.2 Å². The Morgan fingerprint density at radius 3 is 2.31 bits per heavy atom. The molecule has 0 radical (unpaired) electrons. The zero-order valence-electron chi connectivity index (χ0n) is 17.2. The van der Waals surface area contributed by atoms with Gasteiger partial charge in [0.1, 0.15) is 0 Å². The molecule has 0 aromatic carbocycles. The SMILES string of the molecule is Cc1cc(C)nc(SCCn2c(N3CCCC3)nc3c2c(=O)n(C)c(=O)n3C)n1. The van der Waals surface area contributed by atoms with Gasteiger partial charge in [-0.2, -0.15) is 4.98 Å². The number of fused-ring (bicyclic) bond motifs is 1. The highest BCUT2D eigenvalue weighted by molar-refractivity contribution is 7.99. The van der Waals surface area contributed by atoms with Crippen molar-refractivity contribution in [3.63, 3.8) is 0 Å². The van der Waals surface area contributed by atoms with Gasteiger partial charge in [0.05, 0.1) is 0 Å². The number of hydrogen-bond acceptors (Lipinski definition) is 7. The van der Waals surface area contributed by atoms with Gasteiger partial charge in [-0.3, -0.25) is 13.9 Å². The number of anilines is 1. The Kier molecular flexibility index (Phi) is 5.20. The molecule has 0 aliphatic carbocycles. The lowest BCUT2D eigenvalue weighted by atomic mass is 10.4. The van der Waals surface area contributed by atoms with E-state index in [1.54, 1.807) is 18.8 Å². The molecule has 0 unspecified atom stereocenters. The van der Waals surface area contributed by atoms with E-state index in [1.165, 1.54) is 11.6 Å². The highest BCUT2D eigenvalue weighted by atomic mass is 32.2. The van der Waals surface area contributed by atoms with E-state index in [2.05, 4.69) is 14.9 Å². The highest BCUT2D eigenvalue weighted by Gasteiger charge is 2.24. The minimum absolute atomic E-state index is 0.311. The molecular weight excluding hydrogens is 390 g/mol. The van der Waals surface area contributed by atoms with Gasteiger partial charge in [0.15, 0.2) is 16.3 Å². The minimum atomic E-state index is -0.363. The fraction of sp³-hybridized carbons (Fsp3) is 0.526. The van der Waals surface area contributed by atoms with Gasteiger partial charge in [-0.05, 0) is 32.8 Å². The van der Waals surface area contributed by atoms with E-state index in [1.807, 2.05) is 24.5 Å². The number of rotatable bonds is 5. The monoisotopic (exact) mass is 415 g/mol. The Labute approximate surface area is 172 Å². The summed E-state index contributed by atoms with van der Waals surface area (Å²) in [6.07, 6.45) is 2.20. The topological polar surface area (TPSA) is 90.8 Å². The maximum absolute atomic E-state index is 12.9. The van der Waals surface area contributed by atoms with Crippen LogP contribution in [0.2, 0.25) is 0 Å². The van der Waals surface area contributed by atoms with Gasteiger partial charge in [0.2, 0.25) is 5.95 Å². The number of nitrogens with zero attached hydrogens (tertiary/aromatic N) is 7. The fourth-order valence-electron chi connectivity index (χ4n) is 3.79. The molecule has 1 saturated heterocycles.